The minimum atomic E-state index is -1.34. The van der Waals surface area contributed by atoms with Crippen LogP contribution < -0.4 is 15.5 Å². The number of nitrogens with zero attached hydrogens (tertiary/aromatic N) is 1. The molecule has 1 aliphatic carbocycles. The number of rotatable bonds is 2. The zero-order chi connectivity index (χ0) is 15.3. The van der Waals surface area contributed by atoms with Crippen molar-refractivity contribution in [2.75, 3.05) is 5.32 Å². The van der Waals surface area contributed by atoms with Crippen LogP contribution in [-0.4, -0.2) is 16.9 Å². The molecule has 0 spiro atoms. The number of fused-ring (bicyclic) bond motifs is 3. The maximum absolute atomic E-state index is 12.0. The van der Waals surface area contributed by atoms with Gasteiger partial charge in [-0.05, 0) is 18.4 Å². The second-order valence-corrected chi connectivity index (χ2v) is 5.45. The van der Waals surface area contributed by atoms with Gasteiger partial charge in [-0.3, -0.25) is 10.1 Å². The van der Waals surface area contributed by atoms with E-state index in [1.54, 1.807) is 12.2 Å². The van der Waals surface area contributed by atoms with E-state index in [9.17, 15) is 25.1 Å². The summed E-state index contributed by atoms with van der Waals surface area (Å²) in [5.41, 5.74) is -0.265. The van der Waals surface area contributed by atoms with E-state index in [4.69, 9.17) is 11.6 Å². The minimum Gasteiger partial charge on any atom is -0.871 e. The molecule has 0 radical (unpaired) electrons. The van der Waals surface area contributed by atoms with Crippen LogP contribution in [0.25, 0.3) is 0 Å². The second-order valence-electron chi connectivity index (χ2n) is 5.05. The third kappa shape index (κ3) is 1.92. The predicted molar refractivity (Wildman–Crippen MR) is 70.0 cm³/mol. The molecule has 8 heteroatoms. The third-order valence-corrected chi connectivity index (χ3v) is 4.25. The first kappa shape index (κ1) is 13.7. The Morgan fingerprint density at radius 3 is 2.81 bits per heavy atom. The fourth-order valence-electron chi connectivity index (χ4n) is 3.12. The van der Waals surface area contributed by atoms with Crippen LogP contribution in [0, 0.1) is 16.0 Å². The highest BCUT2D eigenvalue weighted by molar-refractivity contribution is 6.33. The largest absolute Gasteiger partial charge is 0.871 e. The van der Waals surface area contributed by atoms with Crippen LogP contribution in [0.15, 0.2) is 18.2 Å². The van der Waals surface area contributed by atoms with Gasteiger partial charge in [-0.2, -0.15) is 0 Å². The van der Waals surface area contributed by atoms with E-state index >= 15 is 0 Å². The summed E-state index contributed by atoms with van der Waals surface area (Å²) in [6.07, 6.45) is 3.87. The van der Waals surface area contributed by atoms with Gasteiger partial charge in [0.2, 0.25) is 0 Å². The van der Waals surface area contributed by atoms with Crippen LogP contribution in [0.3, 0.4) is 0 Å². The van der Waals surface area contributed by atoms with Gasteiger partial charge in [0, 0.05) is 11.6 Å². The molecule has 110 valence electrons. The average molecular weight is 309 g/mol. The van der Waals surface area contributed by atoms with Crippen LogP contribution >= 0.6 is 11.6 Å². The molecule has 0 amide bonds. The molecular weight excluding hydrogens is 300 g/mol. The fraction of sp³-hybridized carbons (Fsp3) is 0.308. The minimum absolute atomic E-state index is 0.0758. The third-order valence-electron chi connectivity index (χ3n) is 3.97. The summed E-state index contributed by atoms with van der Waals surface area (Å²) in [5, 5.41) is 36.8. The van der Waals surface area contributed by atoms with Crippen molar-refractivity contribution in [3.63, 3.8) is 0 Å². The predicted octanol–water partition coefficient (Wildman–Crippen LogP) is 0.525. The summed E-state index contributed by atoms with van der Waals surface area (Å²) in [7, 11) is 0. The topological polar surface area (TPSA) is 118 Å². The zero-order valence-electron chi connectivity index (χ0n) is 10.5. The van der Waals surface area contributed by atoms with E-state index in [1.807, 2.05) is 0 Å². The lowest BCUT2D eigenvalue weighted by atomic mass is 9.78. The molecule has 0 saturated heterocycles. The second kappa shape index (κ2) is 4.63. The number of halogens is 1. The number of carbonyl (C=O) groups excluding carboxylic acids is 1. The van der Waals surface area contributed by atoms with Crippen LogP contribution in [-0.2, 0) is 4.79 Å². The molecule has 3 atom stereocenters. The van der Waals surface area contributed by atoms with Crippen molar-refractivity contribution in [3.05, 3.63) is 38.9 Å². The number of nitrogens with one attached hydrogen (secondary N) is 1. The van der Waals surface area contributed by atoms with E-state index in [2.05, 4.69) is 5.32 Å². The number of carboxylic acid groups (broad SMARTS) is 1. The van der Waals surface area contributed by atoms with Gasteiger partial charge < -0.3 is 20.3 Å². The number of aliphatic carboxylic acids is 1. The van der Waals surface area contributed by atoms with E-state index in [0.717, 1.165) is 6.07 Å². The smallest absolute Gasteiger partial charge is 0.293 e. The zero-order valence-corrected chi connectivity index (χ0v) is 11.3. The maximum atomic E-state index is 12.0. The van der Waals surface area contributed by atoms with Gasteiger partial charge in [0.05, 0.1) is 22.5 Å². The van der Waals surface area contributed by atoms with Gasteiger partial charge in [-0.25, -0.2) is 0 Å². The van der Waals surface area contributed by atoms with Crippen molar-refractivity contribution in [1.29, 1.82) is 0 Å². The van der Waals surface area contributed by atoms with Crippen molar-refractivity contribution in [3.8, 4) is 5.75 Å². The SMILES string of the molecule is O=C([O-])[C@@H]1Nc2c([O-])cc(Cl)c([N+](=O)[O-])c2[C@@H]2C=CC[C@@H]12. The number of hydrogen-bond donors (Lipinski definition) is 1. The Bertz CT molecular complexity index is 688. The number of hydrogen-bond acceptors (Lipinski definition) is 6. The molecule has 0 bridgehead atoms. The summed E-state index contributed by atoms with van der Waals surface area (Å²) >= 11 is 5.83. The first-order valence-electron chi connectivity index (χ1n) is 6.23. The van der Waals surface area contributed by atoms with Crippen molar-refractivity contribution in [2.24, 2.45) is 5.92 Å². The Hall–Kier alpha value is -2.28. The van der Waals surface area contributed by atoms with Crippen LogP contribution in [0.5, 0.6) is 5.75 Å². The van der Waals surface area contributed by atoms with E-state index in [0.29, 0.717) is 6.42 Å². The lowest BCUT2D eigenvalue weighted by Crippen LogP contribution is -2.49. The molecule has 0 fully saturated rings. The Labute approximate surface area is 124 Å². The molecule has 0 saturated carbocycles. The van der Waals surface area contributed by atoms with Crippen molar-refractivity contribution in [1.82, 2.24) is 0 Å². The number of carbonyl (C=O) groups is 1. The van der Waals surface area contributed by atoms with Crippen LogP contribution in [0.2, 0.25) is 5.02 Å². The van der Waals surface area contributed by atoms with Gasteiger partial charge in [0.1, 0.15) is 5.02 Å². The summed E-state index contributed by atoms with van der Waals surface area (Å²) in [6, 6.07) is -0.136. The maximum Gasteiger partial charge on any atom is 0.293 e. The van der Waals surface area contributed by atoms with Gasteiger partial charge >= 0.3 is 0 Å². The molecular formula is C13H9ClN2O5-2. The molecule has 3 rings (SSSR count). The number of nitro benzene ring substituents is 1. The van der Waals surface area contributed by atoms with E-state index in [1.165, 1.54) is 0 Å². The lowest BCUT2D eigenvalue weighted by Gasteiger charge is -2.39. The standard InChI is InChI=1S/C13H11ClN2O5/c14-7-4-8(17)11-9(12(7)16(20)21)5-2-1-3-6(5)10(15-11)13(18)19/h1-2,4-6,10,15,17H,3H2,(H,18,19)/p-2/t5-,6-,10-/m1/s1. The first-order valence-corrected chi connectivity index (χ1v) is 6.61. The van der Waals surface area contributed by atoms with Crippen LogP contribution in [0.1, 0.15) is 17.9 Å². The van der Waals surface area contributed by atoms with Gasteiger partial charge in [-0.1, -0.05) is 29.5 Å². The number of benzene rings is 1. The molecule has 1 aliphatic heterocycles. The normalized spacial score (nSPS) is 25.9. The van der Waals surface area contributed by atoms with E-state index in [-0.39, 0.29) is 22.0 Å². The highest BCUT2D eigenvalue weighted by Crippen LogP contribution is 2.52. The Morgan fingerprint density at radius 2 is 2.19 bits per heavy atom. The summed E-state index contributed by atoms with van der Waals surface area (Å²) in [6.45, 7) is 0. The molecule has 1 aromatic carbocycles. The highest BCUT2D eigenvalue weighted by Gasteiger charge is 2.42. The monoisotopic (exact) mass is 308 g/mol. The average Bonchev–Trinajstić information content (AvgIpc) is 2.86. The highest BCUT2D eigenvalue weighted by atomic mass is 35.5. The van der Waals surface area contributed by atoms with Crippen molar-refractivity contribution < 1.29 is 19.9 Å². The van der Waals surface area contributed by atoms with E-state index < -0.39 is 34.5 Å². The quantitative estimate of drug-likeness (QED) is 0.483. The number of anilines is 1. The van der Waals surface area contributed by atoms with Crippen molar-refractivity contribution in [2.45, 2.75) is 18.4 Å². The molecule has 7 nitrogen and oxygen atoms in total. The van der Waals surface area contributed by atoms with Gasteiger partial charge in [-0.15, -0.1) is 0 Å². The Kier molecular flexibility index (Phi) is 3.02. The lowest BCUT2D eigenvalue weighted by molar-refractivity contribution is -0.385. The number of carboxylic acids is 1. The molecule has 1 heterocycles. The molecule has 1 N–H and O–H groups in total. The number of nitro groups is 1. The summed E-state index contributed by atoms with van der Waals surface area (Å²) in [5.74, 6) is -2.86. The Morgan fingerprint density at radius 1 is 1.48 bits per heavy atom. The molecule has 21 heavy (non-hydrogen) atoms. The molecule has 0 unspecified atom stereocenters. The van der Waals surface area contributed by atoms with Gasteiger partial charge in [0.15, 0.2) is 0 Å². The van der Waals surface area contributed by atoms with Gasteiger partial charge in [0.25, 0.3) is 5.69 Å². The number of allylic oxidation sites excluding steroid dienone is 2. The van der Waals surface area contributed by atoms with Crippen LogP contribution in [0.4, 0.5) is 11.4 Å². The fourth-order valence-corrected chi connectivity index (χ4v) is 3.39. The Balaban J connectivity index is 2.27. The summed E-state index contributed by atoms with van der Waals surface area (Å²) < 4.78 is 0. The summed E-state index contributed by atoms with van der Waals surface area (Å²) in [4.78, 5) is 21.8. The van der Waals surface area contributed by atoms with Crippen molar-refractivity contribution >= 4 is 28.9 Å². The molecule has 2 aliphatic rings. The molecule has 1 aromatic rings. The molecule has 0 aromatic heterocycles. The first-order chi connectivity index (χ1) is 9.91.